The molecular weight excluding hydrogens is 224 g/mol. The van der Waals surface area contributed by atoms with Gasteiger partial charge in [-0.2, -0.15) is 0 Å². The lowest BCUT2D eigenvalue weighted by atomic mass is 9.85. The molecule has 6 heteroatoms. The van der Waals surface area contributed by atoms with Gasteiger partial charge in [0.25, 0.3) is 0 Å². The van der Waals surface area contributed by atoms with E-state index in [4.69, 9.17) is 15.6 Å². The maximum absolute atomic E-state index is 11.6. The summed E-state index contributed by atoms with van der Waals surface area (Å²) in [6.07, 6.45) is 0.924. The van der Waals surface area contributed by atoms with E-state index in [9.17, 15) is 9.59 Å². The van der Waals surface area contributed by atoms with E-state index in [0.29, 0.717) is 6.42 Å². The number of hydrogen-bond acceptors (Lipinski definition) is 4. The second-order valence-corrected chi connectivity index (χ2v) is 4.73. The molecule has 0 bridgehead atoms. The first-order valence-corrected chi connectivity index (χ1v) is 5.76. The molecule has 4 N–H and O–H groups in total. The van der Waals surface area contributed by atoms with Gasteiger partial charge >= 0.3 is 5.97 Å². The summed E-state index contributed by atoms with van der Waals surface area (Å²) in [7, 11) is 0. The number of carboxylic acid groups (broad SMARTS) is 1. The average molecular weight is 244 g/mol. The number of rotatable bonds is 5. The molecule has 17 heavy (non-hydrogen) atoms. The maximum Gasteiger partial charge on any atom is 0.313 e. The third kappa shape index (κ3) is 3.17. The van der Waals surface area contributed by atoms with Gasteiger partial charge in [0, 0.05) is 12.5 Å². The molecule has 98 valence electrons. The Labute approximate surface area is 101 Å². The molecule has 0 aromatic rings. The van der Waals surface area contributed by atoms with Gasteiger partial charge in [-0.1, -0.05) is 6.92 Å². The molecule has 1 rings (SSSR count). The lowest BCUT2D eigenvalue weighted by molar-refractivity contribution is -0.149. The van der Waals surface area contributed by atoms with Crippen molar-refractivity contribution in [1.29, 1.82) is 0 Å². The topological polar surface area (TPSA) is 102 Å². The quantitative estimate of drug-likeness (QED) is 0.617. The van der Waals surface area contributed by atoms with Crippen molar-refractivity contribution in [3.8, 4) is 0 Å². The van der Waals surface area contributed by atoms with E-state index in [1.807, 2.05) is 6.92 Å². The molecule has 0 radical (unpaired) electrons. The van der Waals surface area contributed by atoms with E-state index in [2.05, 4.69) is 5.32 Å². The van der Waals surface area contributed by atoms with E-state index in [-0.39, 0.29) is 31.6 Å². The van der Waals surface area contributed by atoms with Crippen LogP contribution in [0.5, 0.6) is 0 Å². The smallest absolute Gasteiger partial charge is 0.313 e. The standard InChI is InChI=1S/C11H20N2O4/c1-3-7(12)4-9(14)13-8-5-17-6-11(8,2)10(15)16/h7-8H,3-6,12H2,1-2H3,(H,13,14)(H,15,16). The van der Waals surface area contributed by atoms with Crippen LogP contribution in [0.25, 0.3) is 0 Å². The zero-order valence-electron chi connectivity index (χ0n) is 10.2. The highest BCUT2D eigenvalue weighted by atomic mass is 16.5. The molecular formula is C11H20N2O4. The van der Waals surface area contributed by atoms with E-state index in [1.165, 1.54) is 0 Å². The molecule has 0 saturated carbocycles. The van der Waals surface area contributed by atoms with Crippen LogP contribution in [-0.4, -0.2) is 42.3 Å². The number of carboxylic acids is 1. The predicted octanol–water partition coefficient (Wildman–Crippen LogP) is -0.280. The monoisotopic (exact) mass is 244 g/mol. The third-order valence-corrected chi connectivity index (χ3v) is 3.25. The predicted molar refractivity (Wildman–Crippen MR) is 61.4 cm³/mol. The molecule has 1 amide bonds. The molecule has 1 aliphatic rings. The third-order valence-electron chi connectivity index (χ3n) is 3.25. The van der Waals surface area contributed by atoms with Crippen LogP contribution in [0.3, 0.4) is 0 Å². The Morgan fingerprint density at radius 2 is 2.29 bits per heavy atom. The van der Waals surface area contributed by atoms with Crippen molar-refractivity contribution in [1.82, 2.24) is 5.32 Å². The summed E-state index contributed by atoms with van der Waals surface area (Å²) < 4.78 is 5.14. The average Bonchev–Trinajstić information content (AvgIpc) is 2.61. The van der Waals surface area contributed by atoms with Gasteiger partial charge in [-0.15, -0.1) is 0 Å². The first-order chi connectivity index (χ1) is 7.90. The van der Waals surface area contributed by atoms with Crippen molar-refractivity contribution in [3.63, 3.8) is 0 Å². The first kappa shape index (κ1) is 13.9. The minimum Gasteiger partial charge on any atom is -0.481 e. The normalized spacial score (nSPS) is 29.9. The summed E-state index contributed by atoms with van der Waals surface area (Å²) in [5, 5.41) is 11.8. The van der Waals surface area contributed by atoms with Crippen LogP contribution in [-0.2, 0) is 14.3 Å². The highest BCUT2D eigenvalue weighted by Gasteiger charge is 2.47. The Morgan fingerprint density at radius 1 is 1.65 bits per heavy atom. The lowest BCUT2D eigenvalue weighted by Crippen LogP contribution is -2.50. The Kier molecular flexibility index (Phi) is 4.47. The van der Waals surface area contributed by atoms with E-state index in [0.717, 1.165) is 0 Å². The molecule has 6 nitrogen and oxygen atoms in total. The van der Waals surface area contributed by atoms with Gasteiger partial charge in [-0.25, -0.2) is 0 Å². The number of ether oxygens (including phenoxy) is 1. The minimum atomic E-state index is -1.05. The lowest BCUT2D eigenvalue weighted by Gasteiger charge is -2.25. The summed E-state index contributed by atoms with van der Waals surface area (Å²) in [6, 6.07) is -0.676. The Bertz CT molecular complexity index is 308. The van der Waals surface area contributed by atoms with Crippen molar-refractivity contribution in [3.05, 3.63) is 0 Å². The fourth-order valence-electron chi connectivity index (χ4n) is 1.72. The zero-order valence-corrected chi connectivity index (χ0v) is 10.2. The number of carbonyl (C=O) groups is 2. The number of nitrogens with one attached hydrogen (secondary N) is 1. The van der Waals surface area contributed by atoms with Crippen LogP contribution >= 0.6 is 0 Å². The number of aliphatic carboxylic acids is 1. The summed E-state index contributed by atoms with van der Waals surface area (Å²) in [5.74, 6) is -1.18. The number of hydrogen-bond donors (Lipinski definition) is 3. The number of amides is 1. The van der Waals surface area contributed by atoms with Gasteiger partial charge in [-0.05, 0) is 13.3 Å². The summed E-state index contributed by atoms with van der Waals surface area (Å²) >= 11 is 0. The Morgan fingerprint density at radius 3 is 2.82 bits per heavy atom. The van der Waals surface area contributed by atoms with Crippen LogP contribution in [0.4, 0.5) is 0 Å². The van der Waals surface area contributed by atoms with Gasteiger partial charge < -0.3 is 20.9 Å². The molecule has 0 aromatic heterocycles. The van der Waals surface area contributed by atoms with E-state index in [1.54, 1.807) is 6.92 Å². The molecule has 3 atom stereocenters. The molecule has 1 aliphatic heterocycles. The van der Waals surface area contributed by atoms with Gasteiger partial charge in [-0.3, -0.25) is 9.59 Å². The molecule has 0 aromatic carbocycles. The van der Waals surface area contributed by atoms with Crippen molar-refractivity contribution >= 4 is 11.9 Å². The van der Waals surface area contributed by atoms with Crippen LogP contribution in [0.2, 0.25) is 0 Å². The summed E-state index contributed by atoms with van der Waals surface area (Å²) in [6.45, 7) is 3.83. The minimum absolute atomic E-state index is 0.118. The van der Waals surface area contributed by atoms with Crippen molar-refractivity contribution in [2.24, 2.45) is 11.1 Å². The van der Waals surface area contributed by atoms with Gasteiger partial charge in [0.2, 0.25) is 5.91 Å². The van der Waals surface area contributed by atoms with Crippen LogP contribution in [0, 0.1) is 5.41 Å². The number of carbonyl (C=O) groups excluding carboxylic acids is 1. The van der Waals surface area contributed by atoms with Gasteiger partial charge in [0.15, 0.2) is 0 Å². The molecule has 1 saturated heterocycles. The SMILES string of the molecule is CCC(N)CC(=O)NC1COCC1(C)C(=O)O. The van der Waals surface area contributed by atoms with Crippen molar-refractivity contribution in [2.45, 2.75) is 38.8 Å². The highest BCUT2D eigenvalue weighted by Crippen LogP contribution is 2.28. The van der Waals surface area contributed by atoms with Crippen LogP contribution in [0.1, 0.15) is 26.7 Å². The van der Waals surface area contributed by atoms with E-state index >= 15 is 0 Å². The van der Waals surface area contributed by atoms with Gasteiger partial charge in [0.1, 0.15) is 5.41 Å². The maximum atomic E-state index is 11.6. The summed E-state index contributed by atoms with van der Waals surface area (Å²) in [4.78, 5) is 22.8. The molecule has 0 aliphatic carbocycles. The molecule has 1 fully saturated rings. The van der Waals surface area contributed by atoms with Gasteiger partial charge in [0.05, 0.1) is 19.3 Å². The highest BCUT2D eigenvalue weighted by molar-refractivity contribution is 5.80. The largest absolute Gasteiger partial charge is 0.481 e. The van der Waals surface area contributed by atoms with Crippen molar-refractivity contribution in [2.75, 3.05) is 13.2 Å². The second kappa shape index (κ2) is 5.46. The van der Waals surface area contributed by atoms with E-state index < -0.39 is 17.4 Å². The first-order valence-electron chi connectivity index (χ1n) is 5.76. The Balaban J connectivity index is 2.56. The van der Waals surface area contributed by atoms with Crippen LogP contribution in [0.15, 0.2) is 0 Å². The zero-order chi connectivity index (χ0) is 13.1. The number of nitrogens with two attached hydrogens (primary N) is 1. The molecule has 1 heterocycles. The summed E-state index contributed by atoms with van der Waals surface area (Å²) in [5.41, 5.74) is 4.62. The van der Waals surface area contributed by atoms with Crippen LogP contribution < -0.4 is 11.1 Å². The van der Waals surface area contributed by atoms with Crippen molar-refractivity contribution < 1.29 is 19.4 Å². The second-order valence-electron chi connectivity index (χ2n) is 4.73. The molecule has 0 spiro atoms. The fourth-order valence-corrected chi connectivity index (χ4v) is 1.72. The molecule has 3 unspecified atom stereocenters. The fraction of sp³-hybridized carbons (Fsp3) is 0.818. The Hall–Kier alpha value is -1.14.